The van der Waals surface area contributed by atoms with Crippen LogP contribution in [0.3, 0.4) is 0 Å². The molecule has 5 heteroatoms. The summed E-state index contributed by atoms with van der Waals surface area (Å²) in [5.41, 5.74) is 0. The summed E-state index contributed by atoms with van der Waals surface area (Å²) < 4.78 is 16.9. The van der Waals surface area contributed by atoms with E-state index in [1.807, 2.05) is 0 Å². The van der Waals surface area contributed by atoms with Crippen LogP contribution in [-0.2, 0) is 19.0 Å². The van der Waals surface area contributed by atoms with Gasteiger partial charge in [0.2, 0.25) is 0 Å². The molecule has 0 aromatic heterocycles. The van der Waals surface area contributed by atoms with Crippen LogP contribution in [0.5, 0.6) is 0 Å². The minimum Gasteiger partial charge on any atom is -0.460 e. The molecule has 2 aliphatic heterocycles. The van der Waals surface area contributed by atoms with Crippen molar-refractivity contribution < 1.29 is 24.1 Å². The van der Waals surface area contributed by atoms with Crippen molar-refractivity contribution in [3.63, 3.8) is 0 Å². The zero-order valence-electron chi connectivity index (χ0n) is 16.4. The van der Waals surface area contributed by atoms with E-state index >= 15 is 0 Å². The topological polar surface area (TPSA) is 71.6 Å². The fraction of sp³-hybridized carbons (Fsp3) is 0.955. The molecule has 2 saturated heterocycles. The van der Waals surface area contributed by atoms with Gasteiger partial charge in [-0.1, -0.05) is 0 Å². The Kier molecular flexibility index (Phi) is 4.98. The quantitative estimate of drug-likeness (QED) is 0.587. The van der Waals surface area contributed by atoms with Crippen LogP contribution in [0.1, 0.15) is 71.1 Å². The number of esters is 1. The number of hydrogen-bond acceptors (Lipinski definition) is 5. The standard InChI is InChI=1S/C22H34O5/c1-12(23)25-18-5-2-13(9-17(18)24)8-16(14-3-6-19-21(10-14)26-19)15-4-7-20-22(11-15)27-20/h13-22,24H,2-11H2,1H3. The third-order valence-corrected chi connectivity index (χ3v) is 8.09. The molecule has 1 N–H and O–H groups in total. The largest absolute Gasteiger partial charge is 0.460 e. The van der Waals surface area contributed by atoms with Crippen LogP contribution in [0.25, 0.3) is 0 Å². The molecule has 5 nitrogen and oxygen atoms in total. The normalized spacial score (nSPS) is 49.5. The van der Waals surface area contributed by atoms with Crippen molar-refractivity contribution in [3.05, 3.63) is 0 Å². The van der Waals surface area contributed by atoms with E-state index in [2.05, 4.69) is 0 Å². The van der Waals surface area contributed by atoms with Crippen molar-refractivity contribution in [1.29, 1.82) is 0 Å². The first-order valence-corrected chi connectivity index (χ1v) is 11.2. The third-order valence-electron chi connectivity index (χ3n) is 8.09. The second kappa shape index (κ2) is 7.31. The molecular weight excluding hydrogens is 344 g/mol. The average molecular weight is 379 g/mol. The fourth-order valence-corrected chi connectivity index (χ4v) is 6.57. The van der Waals surface area contributed by atoms with Crippen LogP contribution in [0.2, 0.25) is 0 Å². The second-order valence-corrected chi connectivity index (χ2v) is 9.87. The van der Waals surface area contributed by atoms with E-state index in [-0.39, 0.29) is 12.1 Å². The highest BCUT2D eigenvalue weighted by Crippen LogP contribution is 2.51. The highest BCUT2D eigenvalue weighted by molar-refractivity contribution is 5.66. The molecule has 3 saturated carbocycles. The van der Waals surface area contributed by atoms with E-state index in [0.29, 0.717) is 30.3 Å². The maximum Gasteiger partial charge on any atom is 0.302 e. The predicted molar refractivity (Wildman–Crippen MR) is 99.0 cm³/mol. The first-order valence-electron chi connectivity index (χ1n) is 11.2. The molecule has 5 aliphatic rings. The van der Waals surface area contributed by atoms with E-state index in [1.54, 1.807) is 0 Å². The Balaban J connectivity index is 1.23. The lowest BCUT2D eigenvalue weighted by atomic mass is 9.65. The number of epoxide rings is 2. The van der Waals surface area contributed by atoms with Crippen LogP contribution in [0, 0.1) is 23.7 Å². The van der Waals surface area contributed by atoms with Gasteiger partial charge in [0.05, 0.1) is 30.5 Å². The highest BCUT2D eigenvalue weighted by atomic mass is 16.6. The Hall–Kier alpha value is -0.650. The van der Waals surface area contributed by atoms with Gasteiger partial charge >= 0.3 is 5.97 Å². The third kappa shape index (κ3) is 4.06. The Morgan fingerprint density at radius 3 is 2.07 bits per heavy atom. The molecule has 5 fully saturated rings. The minimum absolute atomic E-state index is 0.280. The molecule has 0 bridgehead atoms. The SMILES string of the molecule is CC(=O)OC1CCC(CC(C2CCC3OC3C2)C2CCC3OC3C2)CC1O. The monoisotopic (exact) mass is 378 g/mol. The molecule has 152 valence electrons. The lowest BCUT2D eigenvalue weighted by Gasteiger charge is -2.40. The highest BCUT2D eigenvalue weighted by Gasteiger charge is 2.50. The van der Waals surface area contributed by atoms with Gasteiger partial charge in [-0.2, -0.15) is 0 Å². The van der Waals surface area contributed by atoms with Crippen LogP contribution in [-0.4, -0.2) is 47.7 Å². The molecular formula is C22H34O5. The fourth-order valence-electron chi connectivity index (χ4n) is 6.57. The van der Waals surface area contributed by atoms with Crippen molar-refractivity contribution >= 4 is 5.97 Å². The molecule has 0 amide bonds. The maximum absolute atomic E-state index is 11.2. The Bertz CT molecular complexity index is 537. The van der Waals surface area contributed by atoms with Gasteiger partial charge < -0.3 is 19.3 Å². The van der Waals surface area contributed by atoms with Gasteiger partial charge in [0.15, 0.2) is 0 Å². The maximum atomic E-state index is 11.2. The zero-order valence-corrected chi connectivity index (χ0v) is 16.4. The number of carbonyl (C=O) groups excluding carboxylic acids is 1. The van der Waals surface area contributed by atoms with E-state index in [0.717, 1.165) is 37.0 Å². The van der Waals surface area contributed by atoms with Crippen molar-refractivity contribution in [2.45, 2.75) is 108 Å². The number of ether oxygens (including phenoxy) is 3. The number of aliphatic hydroxyl groups is 1. The lowest BCUT2D eigenvalue weighted by Crippen LogP contribution is -2.39. The van der Waals surface area contributed by atoms with E-state index in [1.165, 1.54) is 51.9 Å². The molecule has 5 rings (SSSR count). The second-order valence-electron chi connectivity index (χ2n) is 9.87. The van der Waals surface area contributed by atoms with Gasteiger partial charge in [-0.3, -0.25) is 4.79 Å². The molecule has 9 atom stereocenters. The number of carbonyl (C=O) groups is 1. The predicted octanol–water partition coefficient (Wildman–Crippen LogP) is 3.22. The van der Waals surface area contributed by atoms with Crippen LogP contribution in [0.4, 0.5) is 0 Å². The van der Waals surface area contributed by atoms with Gasteiger partial charge in [-0.25, -0.2) is 0 Å². The number of rotatable bonds is 5. The number of hydrogen-bond donors (Lipinski definition) is 1. The van der Waals surface area contributed by atoms with Gasteiger partial charge in [0.1, 0.15) is 6.10 Å². The van der Waals surface area contributed by atoms with Gasteiger partial charge in [-0.15, -0.1) is 0 Å². The van der Waals surface area contributed by atoms with E-state index < -0.39 is 6.10 Å². The smallest absolute Gasteiger partial charge is 0.302 e. The minimum atomic E-state index is -0.502. The summed E-state index contributed by atoms with van der Waals surface area (Å²) >= 11 is 0. The van der Waals surface area contributed by atoms with Crippen molar-refractivity contribution in [1.82, 2.24) is 0 Å². The summed E-state index contributed by atoms with van der Waals surface area (Å²) in [6.45, 7) is 1.43. The molecule has 9 unspecified atom stereocenters. The first-order chi connectivity index (χ1) is 13.1. The Morgan fingerprint density at radius 2 is 1.56 bits per heavy atom. The zero-order chi connectivity index (χ0) is 18.5. The number of aliphatic hydroxyl groups excluding tert-OH is 1. The molecule has 27 heavy (non-hydrogen) atoms. The summed E-state index contributed by atoms with van der Waals surface area (Å²) in [5.74, 6) is 2.56. The summed E-state index contributed by atoms with van der Waals surface area (Å²) in [7, 11) is 0. The molecule has 0 aromatic rings. The van der Waals surface area contributed by atoms with Crippen molar-refractivity contribution in [2.24, 2.45) is 23.7 Å². The summed E-state index contributed by atoms with van der Waals surface area (Å²) in [4.78, 5) is 11.2. The summed E-state index contributed by atoms with van der Waals surface area (Å²) in [6, 6.07) is 0. The molecule has 2 heterocycles. The Labute approximate surface area is 162 Å². The van der Waals surface area contributed by atoms with Crippen molar-refractivity contribution in [2.75, 3.05) is 0 Å². The Morgan fingerprint density at radius 1 is 0.926 bits per heavy atom. The first kappa shape index (κ1) is 18.4. The van der Waals surface area contributed by atoms with Crippen LogP contribution in [0.15, 0.2) is 0 Å². The molecule has 0 spiro atoms. The van der Waals surface area contributed by atoms with Crippen LogP contribution >= 0.6 is 0 Å². The lowest BCUT2D eigenvalue weighted by molar-refractivity contribution is -0.156. The van der Waals surface area contributed by atoms with Gasteiger partial charge in [-0.05, 0) is 87.9 Å². The van der Waals surface area contributed by atoms with Crippen molar-refractivity contribution in [3.8, 4) is 0 Å². The average Bonchev–Trinajstić information content (AvgIpc) is 3.54. The van der Waals surface area contributed by atoms with Crippen LogP contribution < -0.4 is 0 Å². The molecule has 3 aliphatic carbocycles. The van der Waals surface area contributed by atoms with Gasteiger partial charge in [0, 0.05) is 6.92 Å². The number of fused-ring (bicyclic) bond motifs is 2. The molecule has 0 aromatic carbocycles. The summed E-state index contributed by atoms with van der Waals surface area (Å²) in [6.07, 6.45) is 12.8. The summed E-state index contributed by atoms with van der Waals surface area (Å²) in [5, 5.41) is 10.5. The van der Waals surface area contributed by atoms with Gasteiger partial charge in [0.25, 0.3) is 0 Å². The van der Waals surface area contributed by atoms with E-state index in [4.69, 9.17) is 14.2 Å². The van der Waals surface area contributed by atoms with E-state index in [9.17, 15) is 9.90 Å². The molecule has 0 radical (unpaired) electrons.